The molecule has 3 heterocycles. The Balaban J connectivity index is 1.57. The monoisotopic (exact) mass is 341 g/mol. The molecule has 4 rings (SSSR count). The lowest BCUT2D eigenvalue weighted by Crippen LogP contribution is -2.41. The molecule has 124 valence electrons. The molecule has 0 spiro atoms. The molecule has 24 heavy (non-hydrogen) atoms. The highest BCUT2D eigenvalue weighted by Crippen LogP contribution is 2.39. The molecule has 2 N–H and O–H groups in total. The quantitative estimate of drug-likeness (QED) is 0.767. The van der Waals surface area contributed by atoms with E-state index in [0.29, 0.717) is 11.5 Å². The first-order valence-electron chi connectivity index (χ1n) is 8.08. The largest absolute Gasteiger partial charge is 0.393 e. The molecule has 0 bridgehead atoms. The molecule has 1 amide bonds. The molecule has 3 aromatic rings. The highest BCUT2D eigenvalue weighted by Gasteiger charge is 2.36. The van der Waals surface area contributed by atoms with Crippen molar-refractivity contribution < 1.29 is 9.90 Å². The zero-order chi connectivity index (χ0) is 16.7. The number of aliphatic hydroxyl groups excluding tert-OH is 1. The van der Waals surface area contributed by atoms with Crippen molar-refractivity contribution in [1.29, 1.82) is 0 Å². The van der Waals surface area contributed by atoms with Crippen LogP contribution in [0.1, 0.15) is 39.8 Å². The van der Waals surface area contributed by atoms with E-state index in [1.54, 1.807) is 17.4 Å². The van der Waals surface area contributed by atoms with Gasteiger partial charge in [-0.25, -0.2) is 4.98 Å². The first-order chi connectivity index (χ1) is 11.6. The lowest BCUT2D eigenvalue weighted by Gasteiger charge is -2.37. The SMILES string of the molecule is Cc1cn2cc(C(=O)N[C@@H](c3cccs3)C3CC(O)C3)ccc2n1. The number of nitrogens with one attached hydrogen (secondary N) is 1. The average Bonchev–Trinajstić information content (AvgIpc) is 3.17. The summed E-state index contributed by atoms with van der Waals surface area (Å²) < 4.78 is 1.87. The van der Waals surface area contributed by atoms with Gasteiger partial charge in [0.1, 0.15) is 5.65 Å². The fourth-order valence-corrected chi connectivity index (χ4v) is 4.14. The molecule has 1 atom stereocenters. The van der Waals surface area contributed by atoms with Gasteiger partial charge < -0.3 is 14.8 Å². The molecular weight excluding hydrogens is 322 g/mol. The van der Waals surface area contributed by atoms with Crippen LogP contribution in [0.4, 0.5) is 0 Å². The highest BCUT2D eigenvalue weighted by molar-refractivity contribution is 7.10. The lowest BCUT2D eigenvalue weighted by atomic mass is 9.76. The zero-order valence-corrected chi connectivity index (χ0v) is 14.2. The Bertz CT molecular complexity index is 866. The summed E-state index contributed by atoms with van der Waals surface area (Å²) in [6.45, 7) is 1.93. The molecule has 1 aliphatic rings. The molecule has 6 heteroatoms. The van der Waals surface area contributed by atoms with E-state index < -0.39 is 0 Å². The van der Waals surface area contributed by atoms with Crippen LogP contribution in [-0.4, -0.2) is 26.5 Å². The molecular formula is C18H19N3O2S. The average molecular weight is 341 g/mol. The van der Waals surface area contributed by atoms with E-state index in [1.165, 1.54) is 0 Å². The lowest BCUT2D eigenvalue weighted by molar-refractivity contribution is 0.0241. The van der Waals surface area contributed by atoms with Gasteiger partial charge in [0.15, 0.2) is 0 Å². The minimum Gasteiger partial charge on any atom is -0.393 e. The van der Waals surface area contributed by atoms with Crippen LogP contribution in [-0.2, 0) is 0 Å². The molecule has 5 nitrogen and oxygen atoms in total. The number of aryl methyl sites for hydroxylation is 1. The summed E-state index contributed by atoms with van der Waals surface area (Å²) in [5.41, 5.74) is 2.37. The number of aliphatic hydroxyl groups is 1. The fourth-order valence-electron chi connectivity index (χ4n) is 3.27. The third-order valence-electron chi connectivity index (χ3n) is 4.59. The zero-order valence-electron chi connectivity index (χ0n) is 13.3. The summed E-state index contributed by atoms with van der Waals surface area (Å²) in [6, 6.07) is 7.66. The van der Waals surface area contributed by atoms with Crippen molar-refractivity contribution in [3.8, 4) is 0 Å². The number of hydrogen-bond donors (Lipinski definition) is 2. The summed E-state index contributed by atoms with van der Waals surface area (Å²) in [5.74, 6) is 0.199. The molecule has 0 radical (unpaired) electrons. The number of imidazole rings is 1. The summed E-state index contributed by atoms with van der Waals surface area (Å²) in [7, 11) is 0. The van der Waals surface area contributed by atoms with Crippen molar-refractivity contribution >= 4 is 22.9 Å². The van der Waals surface area contributed by atoms with Crippen LogP contribution in [0.25, 0.3) is 5.65 Å². The van der Waals surface area contributed by atoms with Crippen molar-refractivity contribution in [1.82, 2.24) is 14.7 Å². The predicted octanol–water partition coefficient (Wildman–Crippen LogP) is 2.95. The smallest absolute Gasteiger partial charge is 0.253 e. The number of carbonyl (C=O) groups excluding carboxylic acids is 1. The maximum absolute atomic E-state index is 12.7. The Labute approximate surface area is 144 Å². The van der Waals surface area contributed by atoms with E-state index in [0.717, 1.165) is 29.1 Å². The van der Waals surface area contributed by atoms with Crippen LogP contribution >= 0.6 is 11.3 Å². The minimum atomic E-state index is -0.236. The van der Waals surface area contributed by atoms with Crippen LogP contribution in [0.2, 0.25) is 0 Å². The molecule has 1 aliphatic carbocycles. The van der Waals surface area contributed by atoms with E-state index >= 15 is 0 Å². The van der Waals surface area contributed by atoms with E-state index in [1.807, 2.05) is 47.3 Å². The Hall–Kier alpha value is -2.18. The summed E-state index contributed by atoms with van der Waals surface area (Å²) in [6.07, 6.45) is 4.96. The summed E-state index contributed by atoms with van der Waals surface area (Å²) in [5, 5.41) is 14.8. The first kappa shape index (κ1) is 15.4. The Kier molecular flexibility index (Phi) is 3.86. The van der Waals surface area contributed by atoms with Crippen molar-refractivity contribution in [2.24, 2.45) is 5.92 Å². The van der Waals surface area contributed by atoms with E-state index in [9.17, 15) is 9.90 Å². The number of amides is 1. The number of hydrogen-bond acceptors (Lipinski definition) is 4. The van der Waals surface area contributed by atoms with Gasteiger partial charge in [-0.05, 0) is 49.3 Å². The van der Waals surface area contributed by atoms with Gasteiger partial charge in [-0.2, -0.15) is 0 Å². The number of nitrogens with zero attached hydrogens (tertiary/aromatic N) is 2. The van der Waals surface area contributed by atoms with Crippen LogP contribution < -0.4 is 5.32 Å². The van der Waals surface area contributed by atoms with Gasteiger partial charge >= 0.3 is 0 Å². The maximum Gasteiger partial charge on any atom is 0.253 e. The first-order valence-corrected chi connectivity index (χ1v) is 8.96. The Morgan fingerprint density at radius 1 is 1.38 bits per heavy atom. The van der Waals surface area contributed by atoms with Crippen molar-refractivity contribution in [2.75, 3.05) is 0 Å². The molecule has 0 aromatic carbocycles. The summed E-state index contributed by atoms with van der Waals surface area (Å²) in [4.78, 5) is 18.2. The third kappa shape index (κ3) is 2.83. The van der Waals surface area contributed by atoms with E-state index in [4.69, 9.17) is 0 Å². The van der Waals surface area contributed by atoms with Crippen molar-refractivity contribution in [2.45, 2.75) is 31.9 Å². The van der Waals surface area contributed by atoms with Gasteiger partial charge in [-0.1, -0.05) is 6.07 Å². The van der Waals surface area contributed by atoms with Crippen LogP contribution in [0.5, 0.6) is 0 Å². The topological polar surface area (TPSA) is 66.6 Å². The van der Waals surface area contributed by atoms with Crippen molar-refractivity contribution in [3.63, 3.8) is 0 Å². The number of carbonyl (C=O) groups is 1. The maximum atomic E-state index is 12.7. The molecule has 1 saturated carbocycles. The van der Waals surface area contributed by atoms with Crippen LogP contribution in [0.3, 0.4) is 0 Å². The van der Waals surface area contributed by atoms with Gasteiger partial charge in [0.05, 0.1) is 23.4 Å². The molecule has 0 unspecified atom stereocenters. The number of aromatic nitrogens is 2. The molecule has 0 saturated heterocycles. The van der Waals surface area contributed by atoms with E-state index in [-0.39, 0.29) is 18.1 Å². The normalized spacial score (nSPS) is 21.4. The van der Waals surface area contributed by atoms with Crippen LogP contribution in [0.15, 0.2) is 42.0 Å². The third-order valence-corrected chi connectivity index (χ3v) is 5.55. The number of pyridine rings is 1. The second-order valence-electron chi connectivity index (χ2n) is 6.42. The van der Waals surface area contributed by atoms with Gasteiger partial charge in [-0.15, -0.1) is 11.3 Å². The molecule has 0 aliphatic heterocycles. The summed E-state index contributed by atoms with van der Waals surface area (Å²) >= 11 is 1.64. The van der Waals surface area contributed by atoms with Gasteiger partial charge in [0.2, 0.25) is 0 Å². The van der Waals surface area contributed by atoms with E-state index in [2.05, 4.69) is 10.3 Å². The molecule has 1 fully saturated rings. The highest BCUT2D eigenvalue weighted by atomic mass is 32.1. The van der Waals surface area contributed by atoms with Gasteiger partial charge in [0, 0.05) is 17.3 Å². The van der Waals surface area contributed by atoms with Crippen LogP contribution in [0, 0.1) is 12.8 Å². The number of thiophene rings is 1. The van der Waals surface area contributed by atoms with Crippen molar-refractivity contribution in [3.05, 3.63) is 58.2 Å². The minimum absolute atomic E-state index is 0.0406. The second-order valence-corrected chi connectivity index (χ2v) is 7.40. The Morgan fingerprint density at radius 3 is 2.92 bits per heavy atom. The number of fused-ring (bicyclic) bond motifs is 1. The Morgan fingerprint density at radius 2 is 2.21 bits per heavy atom. The fraction of sp³-hybridized carbons (Fsp3) is 0.333. The van der Waals surface area contributed by atoms with Gasteiger partial charge in [-0.3, -0.25) is 4.79 Å². The van der Waals surface area contributed by atoms with Gasteiger partial charge in [0.25, 0.3) is 5.91 Å². The molecule has 3 aromatic heterocycles. The second kappa shape index (κ2) is 6.03. The standard InChI is InChI=1S/C18H19N3O2S/c1-11-9-21-10-12(4-5-16(21)19-11)18(23)20-17(13-7-14(22)8-13)15-3-2-6-24-15/h2-6,9-10,13-14,17,22H,7-8H2,1H3,(H,20,23)/t13?,14?,17-/m1/s1. The predicted molar refractivity (Wildman–Crippen MR) is 93.2 cm³/mol. The number of rotatable bonds is 4.